The summed E-state index contributed by atoms with van der Waals surface area (Å²) in [6.07, 6.45) is 5.31. The molecule has 0 aromatic carbocycles. The lowest BCUT2D eigenvalue weighted by Crippen LogP contribution is -2.31. The lowest BCUT2D eigenvalue weighted by atomic mass is 10.2. The average molecular weight is 340 g/mol. The number of carbonyl (C=O) groups is 2. The van der Waals surface area contributed by atoms with E-state index in [4.69, 9.17) is 0 Å². The molecule has 1 fully saturated rings. The van der Waals surface area contributed by atoms with Crippen LogP contribution in [-0.4, -0.2) is 57.8 Å². The Labute approximate surface area is 145 Å². The predicted molar refractivity (Wildman–Crippen MR) is 92.2 cm³/mol. The molecule has 1 aliphatic heterocycles. The first-order valence-corrected chi connectivity index (χ1v) is 8.29. The molecule has 2 aromatic rings. The van der Waals surface area contributed by atoms with Crippen LogP contribution in [0.15, 0.2) is 36.7 Å². The number of likely N-dealkylation sites (tertiary alicyclic amines) is 1. The van der Waals surface area contributed by atoms with E-state index in [2.05, 4.69) is 25.6 Å². The zero-order chi connectivity index (χ0) is 17.5. The minimum absolute atomic E-state index is 0.116. The van der Waals surface area contributed by atoms with Crippen LogP contribution in [0.4, 0.5) is 5.95 Å². The van der Waals surface area contributed by atoms with Crippen molar-refractivity contribution in [3.63, 3.8) is 0 Å². The summed E-state index contributed by atoms with van der Waals surface area (Å²) in [5.41, 5.74) is 0.548. The van der Waals surface area contributed by atoms with E-state index in [9.17, 15) is 9.59 Å². The van der Waals surface area contributed by atoms with Gasteiger partial charge in [0, 0.05) is 38.6 Å². The summed E-state index contributed by atoms with van der Waals surface area (Å²) < 4.78 is 0. The van der Waals surface area contributed by atoms with E-state index in [1.165, 1.54) is 0 Å². The van der Waals surface area contributed by atoms with Crippen molar-refractivity contribution in [2.75, 3.05) is 31.5 Å². The van der Waals surface area contributed by atoms with Crippen molar-refractivity contribution in [2.24, 2.45) is 0 Å². The van der Waals surface area contributed by atoms with Crippen LogP contribution in [0.1, 0.15) is 33.8 Å². The number of aromatic nitrogens is 3. The Bertz CT molecular complexity index is 731. The molecular weight excluding hydrogens is 320 g/mol. The molecule has 0 unspecified atom stereocenters. The quantitative estimate of drug-likeness (QED) is 0.760. The molecule has 0 spiro atoms. The van der Waals surface area contributed by atoms with Crippen LogP contribution in [0.25, 0.3) is 0 Å². The Hall–Kier alpha value is -3.03. The monoisotopic (exact) mass is 340 g/mol. The van der Waals surface area contributed by atoms with Crippen molar-refractivity contribution < 1.29 is 9.59 Å². The molecule has 0 radical (unpaired) electrons. The minimum Gasteiger partial charge on any atom is -0.352 e. The predicted octanol–water partition coefficient (Wildman–Crippen LogP) is 0.949. The molecule has 2 aromatic heterocycles. The Morgan fingerprint density at radius 1 is 1.00 bits per heavy atom. The number of hydrogen-bond acceptors (Lipinski definition) is 6. The molecule has 2 N–H and O–H groups in total. The third kappa shape index (κ3) is 4.50. The summed E-state index contributed by atoms with van der Waals surface area (Å²) in [5, 5.41) is 5.76. The summed E-state index contributed by atoms with van der Waals surface area (Å²) in [4.78, 5) is 38.6. The van der Waals surface area contributed by atoms with Crippen LogP contribution in [0.2, 0.25) is 0 Å². The largest absolute Gasteiger partial charge is 0.352 e. The van der Waals surface area contributed by atoms with Gasteiger partial charge in [0.2, 0.25) is 5.95 Å². The molecule has 3 rings (SSSR count). The van der Waals surface area contributed by atoms with Gasteiger partial charge in [0.25, 0.3) is 11.8 Å². The van der Waals surface area contributed by atoms with E-state index >= 15 is 0 Å². The van der Waals surface area contributed by atoms with Gasteiger partial charge >= 0.3 is 0 Å². The van der Waals surface area contributed by atoms with Gasteiger partial charge in [-0.1, -0.05) is 6.07 Å². The van der Waals surface area contributed by atoms with E-state index in [0.29, 0.717) is 24.7 Å². The summed E-state index contributed by atoms with van der Waals surface area (Å²) >= 11 is 0. The summed E-state index contributed by atoms with van der Waals surface area (Å²) in [6, 6.07) is 6.66. The number of nitrogens with one attached hydrogen (secondary N) is 2. The first-order valence-electron chi connectivity index (χ1n) is 8.29. The third-order valence-electron chi connectivity index (χ3n) is 3.85. The molecule has 8 nitrogen and oxygen atoms in total. The smallest absolute Gasteiger partial charge is 0.272 e. The first kappa shape index (κ1) is 16.8. The highest BCUT2D eigenvalue weighted by atomic mass is 16.2. The van der Waals surface area contributed by atoms with Crippen LogP contribution < -0.4 is 10.6 Å². The van der Waals surface area contributed by atoms with Gasteiger partial charge in [-0.05, 0) is 31.0 Å². The zero-order valence-corrected chi connectivity index (χ0v) is 13.8. The normalized spacial score (nSPS) is 13.5. The van der Waals surface area contributed by atoms with Gasteiger partial charge < -0.3 is 15.5 Å². The van der Waals surface area contributed by atoms with Gasteiger partial charge in [-0.15, -0.1) is 0 Å². The molecule has 1 aliphatic rings. The van der Waals surface area contributed by atoms with Crippen LogP contribution in [0.3, 0.4) is 0 Å². The van der Waals surface area contributed by atoms with Crippen LogP contribution in [-0.2, 0) is 0 Å². The molecule has 0 bridgehead atoms. The fraction of sp³-hybridized carbons (Fsp3) is 0.353. The standard InChI is InChI=1S/C17H20N6O2/c24-15(18-9-10-21-17-19-7-4-8-20-17)13-5-3-6-14(22-13)16(25)23-11-1-2-12-23/h3-8H,1-2,9-12H2,(H,18,24)(H,19,20,21). The number of pyridine rings is 1. The van der Waals surface area contributed by atoms with Crippen molar-refractivity contribution in [3.8, 4) is 0 Å². The number of anilines is 1. The fourth-order valence-electron chi connectivity index (χ4n) is 2.59. The maximum atomic E-state index is 12.3. The highest BCUT2D eigenvalue weighted by molar-refractivity contribution is 5.96. The SMILES string of the molecule is O=C(NCCNc1ncccn1)c1cccc(C(=O)N2CCCC2)n1. The molecule has 1 saturated heterocycles. The maximum absolute atomic E-state index is 12.3. The van der Waals surface area contributed by atoms with Crippen molar-refractivity contribution in [1.82, 2.24) is 25.2 Å². The van der Waals surface area contributed by atoms with Gasteiger partial charge in [0.05, 0.1) is 0 Å². The van der Waals surface area contributed by atoms with Crippen LogP contribution >= 0.6 is 0 Å². The summed E-state index contributed by atoms with van der Waals surface area (Å²) in [7, 11) is 0. The average Bonchev–Trinajstić information content (AvgIpc) is 3.20. The van der Waals surface area contributed by atoms with Crippen molar-refractivity contribution in [2.45, 2.75) is 12.8 Å². The number of amides is 2. The molecule has 3 heterocycles. The number of rotatable bonds is 6. The molecule has 0 aliphatic carbocycles. The van der Waals surface area contributed by atoms with Gasteiger partial charge in [-0.2, -0.15) is 0 Å². The second-order valence-corrected chi connectivity index (χ2v) is 5.66. The van der Waals surface area contributed by atoms with Crippen LogP contribution in [0.5, 0.6) is 0 Å². The van der Waals surface area contributed by atoms with E-state index in [-0.39, 0.29) is 17.5 Å². The highest BCUT2D eigenvalue weighted by Gasteiger charge is 2.21. The minimum atomic E-state index is -0.313. The second kappa shape index (κ2) is 8.18. The van der Waals surface area contributed by atoms with Crippen molar-refractivity contribution >= 4 is 17.8 Å². The van der Waals surface area contributed by atoms with Crippen molar-refractivity contribution in [1.29, 1.82) is 0 Å². The molecule has 2 amide bonds. The third-order valence-corrected chi connectivity index (χ3v) is 3.85. The van der Waals surface area contributed by atoms with Crippen LogP contribution in [0, 0.1) is 0 Å². The van der Waals surface area contributed by atoms with E-state index in [1.54, 1.807) is 41.6 Å². The Morgan fingerprint density at radius 3 is 2.48 bits per heavy atom. The highest BCUT2D eigenvalue weighted by Crippen LogP contribution is 2.12. The van der Waals surface area contributed by atoms with Gasteiger partial charge in [-0.25, -0.2) is 15.0 Å². The second-order valence-electron chi connectivity index (χ2n) is 5.66. The first-order chi connectivity index (χ1) is 12.2. The van der Waals surface area contributed by atoms with E-state index < -0.39 is 0 Å². The zero-order valence-electron chi connectivity index (χ0n) is 13.8. The van der Waals surface area contributed by atoms with Gasteiger partial charge in [-0.3, -0.25) is 9.59 Å². The van der Waals surface area contributed by atoms with Gasteiger partial charge in [0.1, 0.15) is 11.4 Å². The number of nitrogens with zero attached hydrogens (tertiary/aromatic N) is 4. The molecule has 8 heteroatoms. The lowest BCUT2D eigenvalue weighted by Gasteiger charge is -2.14. The Morgan fingerprint density at radius 2 is 1.72 bits per heavy atom. The van der Waals surface area contributed by atoms with E-state index in [0.717, 1.165) is 25.9 Å². The summed E-state index contributed by atoms with van der Waals surface area (Å²) in [5.74, 6) is 0.0787. The van der Waals surface area contributed by atoms with Crippen molar-refractivity contribution in [3.05, 3.63) is 48.0 Å². The number of carbonyl (C=O) groups excluding carboxylic acids is 2. The lowest BCUT2D eigenvalue weighted by molar-refractivity contribution is 0.0787. The number of hydrogen-bond donors (Lipinski definition) is 2. The fourth-order valence-corrected chi connectivity index (χ4v) is 2.59. The molecular formula is C17H20N6O2. The molecule has 0 atom stereocenters. The van der Waals surface area contributed by atoms with E-state index in [1.807, 2.05) is 0 Å². The molecule has 25 heavy (non-hydrogen) atoms. The molecule has 0 saturated carbocycles. The Balaban J connectivity index is 1.51. The topological polar surface area (TPSA) is 100 Å². The maximum Gasteiger partial charge on any atom is 0.272 e. The van der Waals surface area contributed by atoms with Gasteiger partial charge in [0.15, 0.2) is 0 Å². The molecule has 130 valence electrons. The Kier molecular flexibility index (Phi) is 5.50. The summed E-state index contributed by atoms with van der Waals surface area (Å²) in [6.45, 7) is 2.39.